The maximum Gasteiger partial charge on any atom is 0.303 e. The van der Waals surface area contributed by atoms with Gasteiger partial charge >= 0.3 is 5.97 Å². The summed E-state index contributed by atoms with van der Waals surface area (Å²) in [6.45, 7) is 2.03. The van der Waals surface area contributed by atoms with Gasteiger partial charge in [0.25, 0.3) is 0 Å². The van der Waals surface area contributed by atoms with Crippen LogP contribution < -0.4 is 0 Å². The number of aryl methyl sites for hydroxylation is 2. The summed E-state index contributed by atoms with van der Waals surface area (Å²) in [7, 11) is 1.89. The molecule has 0 spiro atoms. The number of carboxylic acid groups (broad SMARTS) is 1. The number of nitrogens with zero attached hydrogens (tertiary/aromatic N) is 3. The number of hydrogen-bond donors (Lipinski definition) is 1. The summed E-state index contributed by atoms with van der Waals surface area (Å²) in [5.41, 5.74) is -0.0996. The SMILES string of the molecule is CCc1nc(CC2(CC(=O)O)CCCC2)n(C)n1. The summed E-state index contributed by atoms with van der Waals surface area (Å²) in [4.78, 5) is 15.6. The van der Waals surface area contributed by atoms with E-state index in [1.165, 1.54) is 0 Å². The van der Waals surface area contributed by atoms with Gasteiger partial charge in [0.05, 0.1) is 6.42 Å². The molecule has 0 atom stereocenters. The van der Waals surface area contributed by atoms with Crippen molar-refractivity contribution in [1.29, 1.82) is 0 Å². The molecule has 0 unspecified atom stereocenters. The first kappa shape index (κ1) is 13.1. The van der Waals surface area contributed by atoms with E-state index in [1.807, 2.05) is 14.0 Å². The Morgan fingerprint density at radius 1 is 1.44 bits per heavy atom. The second-order valence-corrected chi connectivity index (χ2v) is 5.38. The summed E-state index contributed by atoms with van der Waals surface area (Å²) in [5.74, 6) is 1.07. The van der Waals surface area contributed by atoms with E-state index in [0.717, 1.165) is 50.2 Å². The Morgan fingerprint density at radius 2 is 2.11 bits per heavy atom. The van der Waals surface area contributed by atoms with Crippen LogP contribution in [-0.4, -0.2) is 25.8 Å². The monoisotopic (exact) mass is 251 g/mol. The fourth-order valence-corrected chi connectivity index (χ4v) is 2.98. The van der Waals surface area contributed by atoms with E-state index >= 15 is 0 Å². The van der Waals surface area contributed by atoms with Gasteiger partial charge < -0.3 is 5.11 Å². The third-order valence-corrected chi connectivity index (χ3v) is 3.94. The average Bonchev–Trinajstić information content (AvgIpc) is 2.87. The van der Waals surface area contributed by atoms with Gasteiger partial charge in [-0.15, -0.1) is 0 Å². The van der Waals surface area contributed by atoms with Gasteiger partial charge in [0, 0.05) is 19.9 Å². The van der Waals surface area contributed by atoms with Gasteiger partial charge in [0.2, 0.25) is 0 Å². The van der Waals surface area contributed by atoms with Crippen molar-refractivity contribution in [3.8, 4) is 0 Å². The van der Waals surface area contributed by atoms with Gasteiger partial charge in [-0.1, -0.05) is 19.8 Å². The molecule has 1 saturated carbocycles. The fourth-order valence-electron chi connectivity index (χ4n) is 2.98. The van der Waals surface area contributed by atoms with E-state index in [-0.39, 0.29) is 11.8 Å². The van der Waals surface area contributed by atoms with Crippen LogP contribution in [0.15, 0.2) is 0 Å². The number of rotatable bonds is 5. The minimum Gasteiger partial charge on any atom is -0.481 e. The largest absolute Gasteiger partial charge is 0.481 e. The van der Waals surface area contributed by atoms with Gasteiger partial charge in [0.15, 0.2) is 5.82 Å². The second-order valence-electron chi connectivity index (χ2n) is 5.38. The van der Waals surface area contributed by atoms with Crippen LogP contribution in [0.3, 0.4) is 0 Å². The molecule has 5 heteroatoms. The highest BCUT2D eigenvalue weighted by Gasteiger charge is 2.37. The van der Waals surface area contributed by atoms with Gasteiger partial charge in [-0.05, 0) is 18.3 Å². The van der Waals surface area contributed by atoms with Crippen LogP contribution in [0.5, 0.6) is 0 Å². The van der Waals surface area contributed by atoms with E-state index in [0.29, 0.717) is 0 Å². The molecule has 0 saturated heterocycles. The lowest BCUT2D eigenvalue weighted by molar-refractivity contribution is -0.139. The maximum absolute atomic E-state index is 11.1. The zero-order chi connectivity index (χ0) is 13.2. The summed E-state index contributed by atoms with van der Waals surface area (Å²) in [6.07, 6.45) is 6.06. The van der Waals surface area contributed by atoms with E-state index in [2.05, 4.69) is 10.1 Å². The zero-order valence-corrected chi connectivity index (χ0v) is 11.1. The van der Waals surface area contributed by atoms with Crippen molar-refractivity contribution in [1.82, 2.24) is 14.8 Å². The second kappa shape index (κ2) is 5.08. The molecule has 1 aliphatic rings. The Morgan fingerprint density at radius 3 is 2.61 bits per heavy atom. The van der Waals surface area contributed by atoms with Crippen LogP contribution in [0, 0.1) is 5.41 Å². The molecule has 5 nitrogen and oxygen atoms in total. The summed E-state index contributed by atoms with van der Waals surface area (Å²) in [6, 6.07) is 0. The van der Waals surface area contributed by atoms with Gasteiger partial charge in [-0.25, -0.2) is 4.98 Å². The average molecular weight is 251 g/mol. The van der Waals surface area contributed by atoms with Crippen molar-refractivity contribution in [2.75, 3.05) is 0 Å². The van der Waals surface area contributed by atoms with E-state index in [4.69, 9.17) is 5.11 Å². The quantitative estimate of drug-likeness (QED) is 0.868. The number of aliphatic carboxylic acids is 1. The standard InChI is InChI=1S/C13H21N3O2/c1-3-10-14-11(16(2)15-10)8-13(9-12(17)18)6-4-5-7-13/h3-9H2,1-2H3,(H,17,18). The Balaban J connectivity index is 2.17. The Labute approximate surface area is 107 Å². The van der Waals surface area contributed by atoms with E-state index in [1.54, 1.807) is 4.68 Å². The highest BCUT2D eigenvalue weighted by atomic mass is 16.4. The van der Waals surface area contributed by atoms with Crippen molar-refractivity contribution in [2.24, 2.45) is 12.5 Å². The van der Waals surface area contributed by atoms with Crippen LogP contribution in [0.2, 0.25) is 0 Å². The predicted molar refractivity (Wildman–Crippen MR) is 67.2 cm³/mol. The van der Waals surface area contributed by atoms with Gasteiger partial charge in [-0.3, -0.25) is 9.48 Å². The first-order chi connectivity index (χ1) is 8.54. The highest BCUT2D eigenvalue weighted by molar-refractivity contribution is 5.67. The van der Waals surface area contributed by atoms with Crippen molar-refractivity contribution in [2.45, 2.75) is 51.9 Å². The Bertz CT molecular complexity index is 433. The number of carbonyl (C=O) groups is 1. The molecule has 1 heterocycles. The van der Waals surface area contributed by atoms with Crippen LogP contribution >= 0.6 is 0 Å². The van der Waals surface area contributed by atoms with Crippen LogP contribution in [0.25, 0.3) is 0 Å². The minimum atomic E-state index is -0.699. The molecule has 1 aromatic heterocycles. The molecule has 1 aromatic rings. The molecule has 0 aromatic carbocycles. The lowest BCUT2D eigenvalue weighted by Gasteiger charge is -2.26. The molecule has 2 rings (SSSR count). The lowest BCUT2D eigenvalue weighted by Crippen LogP contribution is -2.25. The molecular formula is C13H21N3O2. The number of carboxylic acids is 1. The Kier molecular flexibility index (Phi) is 3.68. The lowest BCUT2D eigenvalue weighted by atomic mass is 9.79. The highest BCUT2D eigenvalue weighted by Crippen LogP contribution is 2.43. The predicted octanol–water partition coefficient (Wildman–Crippen LogP) is 1.96. The number of aromatic nitrogens is 3. The molecule has 1 aliphatic carbocycles. The molecule has 0 bridgehead atoms. The van der Waals surface area contributed by atoms with Gasteiger partial charge in [-0.2, -0.15) is 5.10 Å². The molecule has 1 N–H and O–H groups in total. The maximum atomic E-state index is 11.1. The van der Waals surface area contributed by atoms with Crippen LogP contribution in [-0.2, 0) is 24.7 Å². The zero-order valence-electron chi connectivity index (χ0n) is 11.1. The molecule has 18 heavy (non-hydrogen) atoms. The first-order valence-electron chi connectivity index (χ1n) is 6.65. The Hall–Kier alpha value is -1.39. The minimum absolute atomic E-state index is 0.0996. The first-order valence-corrected chi connectivity index (χ1v) is 6.65. The molecule has 1 fully saturated rings. The molecule has 0 amide bonds. The molecule has 100 valence electrons. The summed E-state index contributed by atoms with van der Waals surface area (Å²) in [5, 5.41) is 13.4. The van der Waals surface area contributed by atoms with Crippen molar-refractivity contribution in [3.63, 3.8) is 0 Å². The van der Waals surface area contributed by atoms with Crippen molar-refractivity contribution in [3.05, 3.63) is 11.6 Å². The van der Waals surface area contributed by atoms with E-state index < -0.39 is 5.97 Å². The van der Waals surface area contributed by atoms with Gasteiger partial charge in [0.1, 0.15) is 5.82 Å². The summed E-state index contributed by atoms with van der Waals surface area (Å²) >= 11 is 0. The number of hydrogen-bond acceptors (Lipinski definition) is 3. The summed E-state index contributed by atoms with van der Waals surface area (Å²) < 4.78 is 1.81. The smallest absolute Gasteiger partial charge is 0.303 e. The third-order valence-electron chi connectivity index (χ3n) is 3.94. The van der Waals surface area contributed by atoms with E-state index in [9.17, 15) is 4.79 Å². The topological polar surface area (TPSA) is 68.0 Å². The van der Waals surface area contributed by atoms with Crippen molar-refractivity contribution >= 4 is 5.97 Å². The normalized spacial score (nSPS) is 18.1. The molecule has 0 radical (unpaired) electrons. The van der Waals surface area contributed by atoms with Crippen LogP contribution in [0.4, 0.5) is 0 Å². The fraction of sp³-hybridized carbons (Fsp3) is 0.769. The molecular weight excluding hydrogens is 230 g/mol. The molecule has 0 aliphatic heterocycles. The third kappa shape index (κ3) is 2.71. The van der Waals surface area contributed by atoms with Crippen LogP contribution in [0.1, 0.15) is 50.7 Å². The van der Waals surface area contributed by atoms with Crippen molar-refractivity contribution < 1.29 is 9.90 Å².